The van der Waals surface area contributed by atoms with Crippen molar-refractivity contribution in [1.82, 2.24) is 5.32 Å². The average molecular weight is 383 g/mol. The van der Waals surface area contributed by atoms with E-state index < -0.39 is 21.3 Å². The summed E-state index contributed by atoms with van der Waals surface area (Å²) in [6.45, 7) is 2.08. The molecule has 1 aromatic carbocycles. The fraction of sp³-hybridized carbons (Fsp3) is 0.529. The number of amides is 2. The molecule has 136 valence electrons. The van der Waals surface area contributed by atoms with Crippen molar-refractivity contribution in [3.05, 3.63) is 24.3 Å². The number of carbonyl (C=O) groups excluding carboxylic acids is 2. The highest BCUT2D eigenvalue weighted by molar-refractivity contribution is 7.98. The van der Waals surface area contributed by atoms with Crippen LogP contribution in [0.3, 0.4) is 0 Å². The fourth-order valence-corrected chi connectivity index (χ4v) is 5.97. The van der Waals surface area contributed by atoms with Crippen molar-refractivity contribution < 1.29 is 18.0 Å². The van der Waals surface area contributed by atoms with E-state index in [1.54, 1.807) is 23.6 Å². The van der Waals surface area contributed by atoms with Crippen molar-refractivity contribution in [3.8, 4) is 0 Å². The first-order chi connectivity index (χ1) is 11.7. The molecule has 25 heavy (non-hydrogen) atoms. The van der Waals surface area contributed by atoms with E-state index in [0.717, 1.165) is 10.6 Å². The second-order valence-electron chi connectivity index (χ2n) is 7.00. The molecule has 2 atom stereocenters. The molecule has 2 fully saturated rings. The quantitative estimate of drug-likeness (QED) is 0.797. The predicted molar refractivity (Wildman–Crippen MR) is 98.5 cm³/mol. The van der Waals surface area contributed by atoms with Crippen LogP contribution >= 0.6 is 11.8 Å². The molecular weight excluding hydrogens is 360 g/mol. The van der Waals surface area contributed by atoms with E-state index in [2.05, 4.69) is 5.32 Å². The van der Waals surface area contributed by atoms with E-state index >= 15 is 0 Å². The molecule has 6 nitrogen and oxygen atoms in total. The van der Waals surface area contributed by atoms with Gasteiger partial charge in [-0.2, -0.15) is 0 Å². The smallest absolute Gasteiger partial charge is 0.227 e. The van der Waals surface area contributed by atoms with Crippen molar-refractivity contribution in [3.63, 3.8) is 0 Å². The molecule has 2 saturated heterocycles. The summed E-state index contributed by atoms with van der Waals surface area (Å²) >= 11 is 1.60. The van der Waals surface area contributed by atoms with E-state index in [4.69, 9.17) is 0 Å². The molecule has 1 aromatic rings. The Bertz CT molecular complexity index is 809. The number of benzene rings is 1. The van der Waals surface area contributed by atoms with Gasteiger partial charge in [-0.15, -0.1) is 11.8 Å². The summed E-state index contributed by atoms with van der Waals surface area (Å²) < 4.78 is 23.4. The van der Waals surface area contributed by atoms with E-state index in [-0.39, 0.29) is 29.7 Å². The zero-order chi connectivity index (χ0) is 18.2. The third kappa shape index (κ3) is 4.00. The van der Waals surface area contributed by atoms with Gasteiger partial charge in [0.1, 0.15) is 0 Å². The average Bonchev–Trinajstić information content (AvgIpc) is 3.07. The van der Waals surface area contributed by atoms with Gasteiger partial charge in [-0.3, -0.25) is 9.59 Å². The van der Waals surface area contributed by atoms with E-state index in [0.29, 0.717) is 13.0 Å². The van der Waals surface area contributed by atoms with Crippen molar-refractivity contribution in [2.75, 3.05) is 29.2 Å². The van der Waals surface area contributed by atoms with Crippen molar-refractivity contribution in [2.24, 2.45) is 5.92 Å². The SMILES string of the molecule is CSc1cccc(N2CC(C(=O)NC3(C)CCS(=O)(=O)C3)CC2=O)c1. The van der Waals surface area contributed by atoms with Crippen LogP contribution in [0.5, 0.6) is 0 Å². The molecule has 0 spiro atoms. The monoisotopic (exact) mass is 382 g/mol. The molecule has 0 aromatic heterocycles. The minimum Gasteiger partial charge on any atom is -0.350 e. The van der Waals surface area contributed by atoms with Crippen LogP contribution in [0.15, 0.2) is 29.2 Å². The number of hydrogen-bond donors (Lipinski definition) is 1. The lowest BCUT2D eigenvalue weighted by molar-refractivity contribution is -0.127. The van der Waals surface area contributed by atoms with Crippen molar-refractivity contribution in [2.45, 2.75) is 30.2 Å². The minimum atomic E-state index is -3.09. The molecule has 1 N–H and O–H groups in total. The Balaban J connectivity index is 1.69. The van der Waals surface area contributed by atoms with Gasteiger partial charge in [-0.05, 0) is 37.8 Å². The summed E-state index contributed by atoms with van der Waals surface area (Å²) in [7, 11) is -3.09. The molecule has 3 rings (SSSR count). The third-order valence-electron chi connectivity index (χ3n) is 4.79. The summed E-state index contributed by atoms with van der Waals surface area (Å²) in [5, 5.41) is 2.87. The number of nitrogens with one attached hydrogen (secondary N) is 1. The van der Waals surface area contributed by atoms with Gasteiger partial charge in [0.2, 0.25) is 11.8 Å². The normalized spacial score (nSPS) is 28.3. The lowest BCUT2D eigenvalue weighted by Gasteiger charge is -2.25. The molecule has 2 aliphatic rings. The number of thioether (sulfide) groups is 1. The fourth-order valence-electron chi connectivity index (χ4n) is 3.42. The number of carbonyl (C=O) groups is 2. The van der Waals surface area contributed by atoms with Crippen molar-refractivity contribution in [1.29, 1.82) is 0 Å². The summed E-state index contributed by atoms with van der Waals surface area (Å²) in [5.74, 6) is -0.711. The molecule has 2 aliphatic heterocycles. The molecule has 8 heteroatoms. The molecule has 0 aliphatic carbocycles. The maximum atomic E-state index is 12.6. The van der Waals surface area contributed by atoms with Crippen molar-refractivity contribution >= 4 is 39.1 Å². The highest BCUT2D eigenvalue weighted by Crippen LogP contribution is 2.29. The van der Waals surface area contributed by atoms with E-state index in [9.17, 15) is 18.0 Å². The third-order valence-corrected chi connectivity index (χ3v) is 7.42. The zero-order valence-corrected chi connectivity index (χ0v) is 16.0. The molecule has 2 unspecified atom stereocenters. The van der Waals surface area contributed by atoms with Crippen LogP contribution in [0.25, 0.3) is 0 Å². The molecule has 0 saturated carbocycles. The Labute approximate surface area is 152 Å². The van der Waals surface area contributed by atoms with Gasteiger partial charge in [-0.25, -0.2) is 8.42 Å². The van der Waals surface area contributed by atoms with E-state index in [1.807, 2.05) is 30.5 Å². The Morgan fingerprint density at radius 2 is 2.16 bits per heavy atom. The first-order valence-electron chi connectivity index (χ1n) is 8.18. The molecule has 0 bridgehead atoms. The summed E-state index contributed by atoms with van der Waals surface area (Å²) in [6, 6.07) is 7.67. The lowest BCUT2D eigenvalue weighted by atomic mass is 9.99. The van der Waals surface area contributed by atoms with Crippen LogP contribution in [0.2, 0.25) is 0 Å². The second kappa shape index (κ2) is 6.64. The number of hydrogen-bond acceptors (Lipinski definition) is 5. The van der Waals surface area contributed by atoms with Gasteiger partial charge in [0.15, 0.2) is 9.84 Å². The number of anilines is 1. The van der Waals surface area contributed by atoms with Crippen LogP contribution in [-0.4, -0.2) is 50.1 Å². The lowest BCUT2D eigenvalue weighted by Crippen LogP contribution is -2.49. The first-order valence-corrected chi connectivity index (χ1v) is 11.2. The van der Waals surface area contributed by atoms with Gasteiger partial charge in [0.25, 0.3) is 0 Å². The molecule has 2 amide bonds. The predicted octanol–water partition coefficient (Wildman–Crippen LogP) is 1.45. The molecular formula is C17H22N2O4S2. The largest absolute Gasteiger partial charge is 0.350 e. The number of nitrogens with zero attached hydrogens (tertiary/aromatic N) is 1. The van der Waals surface area contributed by atoms with Crippen LogP contribution in [0.1, 0.15) is 19.8 Å². The Morgan fingerprint density at radius 1 is 1.40 bits per heavy atom. The van der Waals surface area contributed by atoms with Gasteiger partial charge < -0.3 is 10.2 Å². The van der Waals surface area contributed by atoms with Crippen LogP contribution in [0.4, 0.5) is 5.69 Å². The van der Waals surface area contributed by atoms with Gasteiger partial charge >= 0.3 is 0 Å². The number of sulfone groups is 1. The summed E-state index contributed by atoms with van der Waals surface area (Å²) in [6.07, 6.45) is 2.54. The highest BCUT2D eigenvalue weighted by atomic mass is 32.2. The maximum Gasteiger partial charge on any atom is 0.227 e. The summed E-state index contributed by atoms with van der Waals surface area (Å²) in [5.41, 5.74) is 0.0623. The Kier molecular flexibility index (Phi) is 4.85. The van der Waals surface area contributed by atoms with Crippen LogP contribution in [-0.2, 0) is 19.4 Å². The topological polar surface area (TPSA) is 83.6 Å². The van der Waals surface area contributed by atoms with Gasteiger partial charge in [-0.1, -0.05) is 6.07 Å². The Morgan fingerprint density at radius 3 is 2.80 bits per heavy atom. The Hall–Kier alpha value is -1.54. The molecule has 2 heterocycles. The van der Waals surface area contributed by atoms with Crippen LogP contribution < -0.4 is 10.2 Å². The van der Waals surface area contributed by atoms with Gasteiger partial charge in [0, 0.05) is 23.5 Å². The molecule has 0 radical (unpaired) electrons. The van der Waals surface area contributed by atoms with E-state index in [1.165, 1.54) is 0 Å². The maximum absolute atomic E-state index is 12.6. The van der Waals surface area contributed by atoms with Crippen LogP contribution in [0, 0.1) is 5.92 Å². The minimum absolute atomic E-state index is 0.0358. The second-order valence-corrected chi connectivity index (χ2v) is 10.1. The zero-order valence-electron chi connectivity index (χ0n) is 14.3. The highest BCUT2D eigenvalue weighted by Gasteiger charge is 2.42. The standard InChI is InChI=1S/C17H22N2O4S2/c1-17(6-7-25(22,23)11-17)18-16(21)12-8-15(20)19(10-12)13-4-3-5-14(9-13)24-2/h3-5,9,12H,6-8,10-11H2,1-2H3,(H,18,21). The first kappa shape index (κ1) is 18.3. The number of rotatable bonds is 4. The van der Waals surface area contributed by atoms with Gasteiger partial charge in [0.05, 0.1) is 23.0 Å². The summed E-state index contributed by atoms with van der Waals surface area (Å²) in [4.78, 5) is 27.6.